The molecule has 2 N–H and O–H groups in total. The van der Waals surface area contributed by atoms with E-state index >= 15 is 0 Å². The van der Waals surface area contributed by atoms with Crippen molar-refractivity contribution in [1.29, 1.82) is 0 Å². The number of rotatable bonds is 2. The molecule has 3 rings (SSSR count). The zero-order valence-corrected chi connectivity index (χ0v) is 12.0. The molecule has 112 valence electrons. The molecule has 0 aliphatic carbocycles. The van der Waals surface area contributed by atoms with Crippen LogP contribution in [0.25, 0.3) is 0 Å². The highest BCUT2D eigenvalue weighted by atomic mass is 32.1. The number of hydrogen-bond acceptors (Lipinski definition) is 4. The van der Waals surface area contributed by atoms with Gasteiger partial charge in [-0.05, 0) is 38.6 Å². The Morgan fingerprint density at radius 2 is 1.95 bits per heavy atom. The van der Waals surface area contributed by atoms with E-state index in [1.807, 2.05) is 0 Å². The highest BCUT2D eigenvalue weighted by Gasteiger charge is 2.41. The maximum absolute atomic E-state index is 12.6. The summed E-state index contributed by atoms with van der Waals surface area (Å²) in [4.78, 5) is 6.44. The summed E-state index contributed by atoms with van der Waals surface area (Å²) in [6.07, 6.45) is 1.26. The maximum Gasteiger partial charge on any atom is 0.443 e. The van der Waals surface area contributed by atoms with Gasteiger partial charge in [-0.1, -0.05) is 0 Å². The summed E-state index contributed by atoms with van der Waals surface area (Å²) in [5, 5.41) is -0.793. The van der Waals surface area contributed by atoms with Crippen LogP contribution in [-0.4, -0.2) is 29.0 Å². The monoisotopic (exact) mass is 305 g/mol. The first-order valence-corrected chi connectivity index (χ1v) is 7.68. The number of thiazole rings is 1. The van der Waals surface area contributed by atoms with Crippen LogP contribution < -0.4 is 5.73 Å². The number of hydrogen-bond donors (Lipinski definition) is 1. The van der Waals surface area contributed by atoms with Gasteiger partial charge in [0.05, 0.1) is 0 Å². The van der Waals surface area contributed by atoms with Gasteiger partial charge in [-0.2, -0.15) is 13.2 Å². The van der Waals surface area contributed by atoms with Gasteiger partial charge in [0.1, 0.15) is 0 Å². The SMILES string of the molecule is CN1C2CCC1CC(C(N)c1cnc(C(F)(F)F)s1)C2. The van der Waals surface area contributed by atoms with Crippen molar-refractivity contribution in [3.05, 3.63) is 16.1 Å². The summed E-state index contributed by atoms with van der Waals surface area (Å²) in [6.45, 7) is 0. The molecule has 2 aliphatic heterocycles. The lowest BCUT2D eigenvalue weighted by Crippen LogP contribution is -2.42. The second-order valence-corrected chi connectivity index (χ2v) is 6.94. The summed E-state index contributed by atoms with van der Waals surface area (Å²) in [7, 11) is 2.14. The molecule has 2 fully saturated rings. The minimum absolute atomic E-state index is 0.269. The van der Waals surface area contributed by atoms with Gasteiger partial charge in [0.2, 0.25) is 0 Å². The van der Waals surface area contributed by atoms with Crippen molar-refractivity contribution in [3.8, 4) is 0 Å². The highest BCUT2D eigenvalue weighted by molar-refractivity contribution is 7.11. The predicted molar refractivity (Wildman–Crippen MR) is 71.3 cm³/mol. The molecule has 7 heteroatoms. The van der Waals surface area contributed by atoms with E-state index in [1.165, 1.54) is 19.0 Å². The number of nitrogens with zero attached hydrogens (tertiary/aromatic N) is 2. The van der Waals surface area contributed by atoms with Crippen LogP contribution in [0.5, 0.6) is 0 Å². The van der Waals surface area contributed by atoms with Crippen molar-refractivity contribution in [2.45, 2.75) is 50.0 Å². The Morgan fingerprint density at radius 1 is 1.35 bits per heavy atom. The molecule has 1 aromatic heterocycles. The third-order valence-electron chi connectivity index (χ3n) is 4.74. The number of alkyl halides is 3. The lowest BCUT2D eigenvalue weighted by atomic mass is 9.85. The van der Waals surface area contributed by atoms with E-state index in [0.29, 0.717) is 28.3 Å². The molecule has 0 spiro atoms. The Labute approximate surface area is 120 Å². The minimum atomic E-state index is -4.37. The van der Waals surface area contributed by atoms with Gasteiger partial charge in [-0.15, -0.1) is 11.3 Å². The molecule has 0 aromatic carbocycles. The van der Waals surface area contributed by atoms with Crippen LogP contribution in [0, 0.1) is 5.92 Å². The van der Waals surface area contributed by atoms with Gasteiger partial charge < -0.3 is 10.6 Å². The first kappa shape index (κ1) is 14.3. The van der Waals surface area contributed by atoms with Crippen LogP contribution in [0.3, 0.4) is 0 Å². The lowest BCUT2D eigenvalue weighted by Gasteiger charge is -2.38. The standard InChI is InChI=1S/C13H18F3N3S/c1-19-8-2-3-9(19)5-7(4-8)11(17)10-6-18-12(20-10)13(14,15)16/h6-9,11H,2-5,17H2,1H3. The van der Waals surface area contributed by atoms with Gasteiger partial charge in [-0.3, -0.25) is 0 Å². The van der Waals surface area contributed by atoms with Gasteiger partial charge >= 0.3 is 6.18 Å². The molecule has 0 saturated carbocycles. The lowest BCUT2D eigenvalue weighted by molar-refractivity contribution is -0.137. The molecule has 3 unspecified atom stereocenters. The van der Waals surface area contributed by atoms with E-state index in [-0.39, 0.29) is 12.0 Å². The Kier molecular flexibility index (Phi) is 3.54. The molecule has 2 saturated heterocycles. The molecule has 3 heterocycles. The van der Waals surface area contributed by atoms with Crippen LogP contribution in [0.15, 0.2) is 6.20 Å². The van der Waals surface area contributed by atoms with Crippen LogP contribution in [0.1, 0.15) is 41.6 Å². The van der Waals surface area contributed by atoms with Crippen LogP contribution >= 0.6 is 11.3 Å². The number of halogens is 3. The molecule has 2 bridgehead atoms. The zero-order chi connectivity index (χ0) is 14.5. The number of piperidine rings is 1. The van der Waals surface area contributed by atoms with E-state index in [4.69, 9.17) is 5.73 Å². The van der Waals surface area contributed by atoms with Crippen molar-refractivity contribution in [2.75, 3.05) is 7.05 Å². The van der Waals surface area contributed by atoms with Crippen LogP contribution in [0.4, 0.5) is 13.2 Å². The molecular formula is C13H18F3N3S. The van der Waals surface area contributed by atoms with E-state index in [0.717, 1.165) is 12.8 Å². The normalized spacial score (nSPS) is 32.5. The van der Waals surface area contributed by atoms with Crippen molar-refractivity contribution < 1.29 is 13.2 Å². The van der Waals surface area contributed by atoms with Gasteiger partial charge in [0, 0.05) is 29.2 Å². The van der Waals surface area contributed by atoms with E-state index in [1.54, 1.807) is 0 Å². The molecule has 3 atom stereocenters. The quantitative estimate of drug-likeness (QED) is 0.913. The fourth-order valence-electron chi connectivity index (χ4n) is 3.55. The van der Waals surface area contributed by atoms with Crippen molar-refractivity contribution >= 4 is 11.3 Å². The van der Waals surface area contributed by atoms with E-state index in [2.05, 4.69) is 16.9 Å². The molecule has 20 heavy (non-hydrogen) atoms. The highest BCUT2D eigenvalue weighted by Crippen LogP contribution is 2.43. The molecule has 1 aromatic rings. The predicted octanol–water partition coefficient (Wildman–Crippen LogP) is 3.03. The number of fused-ring (bicyclic) bond motifs is 2. The van der Waals surface area contributed by atoms with Crippen molar-refractivity contribution in [1.82, 2.24) is 9.88 Å². The number of aromatic nitrogens is 1. The Bertz CT molecular complexity index is 473. The second kappa shape index (κ2) is 4.96. The summed E-state index contributed by atoms with van der Waals surface area (Å²) in [6, 6.07) is 0.764. The fourth-order valence-corrected chi connectivity index (χ4v) is 4.43. The minimum Gasteiger partial charge on any atom is -0.323 e. The van der Waals surface area contributed by atoms with Gasteiger partial charge in [0.25, 0.3) is 0 Å². The van der Waals surface area contributed by atoms with E-state index < -0.39 is 11.2 Å². The molecule has 0 amide bonds. The summed E-state index contributed by atoms with van der Waals surface area (Å²) < 4.78 is 37.8. The summed E-state index contributed by atoms with van der Waals surface area (Å²) in [5.41, 5.74) is 6.21. The fraction of sp³-hybridized carbons (Fsp3) is 0.769. The smallest absolute Gasteiger partial charge is 0.323 e. The average Bonchev–Trinajstić information content (AvgIpc) is 2.91. The Morgan fingerprint density at radius 3 is 2.45 bits per heavy atom. The molecule has 3 nitrogen and oxygen atoms in total. The van der Waals surface area contributed by atoms with Crippen molar-refractivity contribution in [2.24, 2.45) is 11.7 Å². The van der Waals surface area contributed by atoms with Gasteiger partial charge in [-0.25, -0.2) is 4.98 Å². The maximum atomic E-state index is 12.6. The summed E-state index contributed by atoms with van der Waals surface area (Å²) in [5.74, 6) is 0.269. The third-order valence-corrected chi connectivity index (χ3v) is 5.88. The average molecular weight is 305 g/mol. The van der Waals surface area contributed by atoms with Gasteiger partial charge in [0.15, 0.2) is 5.01 Å². The van der Waals surface area contributed by atoms with Crippen LogP contribution in [0.2, 0.25) is 0 Å². The first-order valence-electron chi connectivity index (χ1n) is 6.86. The Hall–Kier alpha value is -0.660. The zero-order valence-electron chi connectivity index (χ0n) is 11.2. The first-order chi connectivity index (χ1) is 9.36. The van der Waals surface area contributed by atoms with Crippen LogP contribution in [-0.2, 0) is 6.18 Å². The summed E-state index contributed by atoms with van der Waals surface area (Å²) >= 11 is 0.691. The third kappa shape index (κ3) is 2.46. The molecular weight excluding hydrogens is 287 g/mol. The largest absolute Gasteiger partial charge is 0.443 e. The molecule has 0 radical (unpaired) electrons. The number of nitrogens with two attached hydrogens (primary N) is 1. The topological polar surface area (TPSA) is 42.1 Å². The Balaban J connectivity index is 1.73. The molecule has 2 aliphatic rings. The second-order valence-electron chi connectivity index (χ2n) is 5.87. The van der Waals surface area contributed by atoms with E-state index in [9.17, 15) is 13.2 Å². The van der Waals surface area contributed by atoms with Crippen molar-refractivity contribution in [3.63, 3.8) is 0 Å².